The molecule has 2 atom stereocenters. The van der Waals surface area contributed by atoms with Crippen molar-refractivity contribution in [2.75, 3.05) is 6.61 Å². The smallest absolute Gasteiger partial charge is 0.130 e. The fraction of sp³-hybridized carbons (Fsp3) is 0.538. The van der Waals surface area contributed by atoms with Crippen LogP contribution in [0.2, 0.25) is 0 Å². The van der Waals surface area contributed by atoms with Crippen LogP contribution in [-0.2, 0) is 4.74 Å². The molecule has 1 aliphatic heterocycles. The summed E-state index contributed by atoms with van der Waals surface area (Å²) in [6, 6.07) is 3.09. The van der Waals surface area contributed by atoms with Gasteiger partial charge in [-0.2, -0.15) is 0 Å². The maximum Gasteiger partial charge on any atom is 0.130 e. The van der Waals surface area contributed by atoms with E-state index in [0.717, 1.165) is 31.9 Å². The van der Waals surface area contributed by atoms with Gasteiger partial charge in [0.05, 0.1) is 6.10 Å². The highest BCUT2D eigenvalue weighted by molar-refractivity contribution is 5.21. The Balaban J connectivity index is 2.00. The largest absolute Gasteiger partial charge is 0.378 e. The molecule has 0 bridgehead atoms. The zero-order valence-electron chi connectivity index (χ0n) is 9.66. The van der Waals surface area contributed by atoms with E-state index in [-0.39, 0.29) is 6.10 Å². The SMILES string of the molecule is NC(CC1CCCCO1)c1ccc(F)cc1F. The summed E-state index contributed by atoms with van der Waals surface area (Å²) in [7, 11) is 0. The number of nitrogens with two attached hydrogens (primary N) is 1. The molecule has 0 aliphatic carbocycles. The van der Waals surface area contributed by atoms with Gasteiger partial charge in [0.15, 0.2) is 0 Å². The van der Waals surface area contributed by atoms with E-state index in [4.69, 9.17) is 10.5 Å². The molecular formula is C13H17F2NO. The number of ether oxygens (including phenoxy) is 1. The molecule has 1 aliphatic rings. The Morgan fingerprint density at radius 1 is 1.35 bits per heavy atom. The highest BCUT2D eigenvalue weighted by atomic mass is 19.1. The lowest BCUT2D eigenvalue weighted by Crippen LogP contribution is -2.25. The normalized spacial score (nSPS) is 22.4. The van der Waals surface area contributed by atoms with Crippen LogP contribution in [0.5, 0.6) is 0 Å². The summed E-state index contributed by atoms with van der Waals surface area (Å²) in [5.41, 5.74) is 6.30. The second-order valence-corrected chi connectivity index (χ2v) is 4.50. The van der Waals surface area contributed by atoms with Crippen molar-refractivity contribution in [3.8, 4) is 0 Å². The number of halogens is 2. The Kier molecular flexibility index (Phi) is 4.07. The minimum absolute atomic E-state index is 0.100. The van der Waals surface area contributed by atoms with Gasteiger partial charge in [-0.05, 0) is 31.7 Å². The van der Waals surface area contributed by atoms with Crippen LogP contribution in [0.1, 0.15) is 37.3 Å². The molecule has 1 fully saturated rings. The predicted octanol–water partition coefficient (Wildman–Crippen LogP) is 2.92. The number of hydrogen-bond acceptors (Lipinski definition) is 2. The van der Waals surface area contributed by atoms with E-state index >= 15 is 0 Å². The molecule has 2 nitrogen and oxygen atoms in total. The summed E-state index contributed by atoms with van der Waals surface area (Å²) in [5.74, 6) is -1.15. The van der Waals surface area contributed by atoms with E-state index in [9.17, 15) is 8.78 Å². The van der Waals surface area contributed by atoms with Crippen molar-refractivity contribution in [2.45, 2.75) is 37.8 Å². The molecule has 1 aromatic rings. The quantitative estimate of drug-likeness (QED) is 0.883. The van der Waals surface area contributed by atoms with Crippen molar-refractivity contribution in [3.63, 3.8) is 0 Å². The standard InChI is InChI=1S/C13H17F2NO/c14-9-4-5-11(12(15)7-9)13(16)8-10-3-1-2-6-17-10/h4-5,7,10,13H,1-3,6,8,16H2. The van der Waals surface area contributed by atoms with Crippen LogP contribution < -0.4 is 5.73 Å². The van der Waals surface area contributed by atoms with E-state index in [2.05, 4.69) is 0 Å². The Labute approximate surface area is 99.8 Å². The maximum absolute atomic E-state index is 13.5. The van der Waals surface area contributed by atoms with Crippen molar-refractivity contribution in [2.24, 2.45) is 5.73 Å². The first-order chi connectivity index (χ1) is 8.16. The number of hydrogen-bond donors (Lipinski definition) is 1. The molecule has 0 radical (unpaired) electrons. The lowest BCUT2D eigenvalue weighted by molar-refractivity contribution is 0.00713. The summed E-state index contributed by atoms with van der Waals surface area (Å²) in [4.78, 5) is 0. The van der Waals surface area contributed by atoms with Crippen molar-refractivity contribution in [1.82, 2.24) is 0 Å². The minimum atomic E-state index is -0.577. The van der Waals surface area contributed by atoms with Gasteiger partial charge in [0.1, 0.15) is 11.6 Å². The van der Waals surface area contributed by atoms with Crippen molar-refractivity contribution >= 4 is 0 Å². The molecule has 0 aromatic heterocycles. The predicted molar refractivity (Wildman–Crippen MR) is 61.5 cm³/mol. The molecule has 0 spiro atoms. The topological polar surface area (TPSA) is 35.2 Å². The summed E-state index contributed by atoms with van der Waals surface area (Å²) in [6.07, 6.45) is 3.86. The van der Waals surface area contributed by atoms with Crippen LogP contribution in [0, 0.1) is 11.6 Å². The van der Waals surface area contributed by atoms with Crippen molar-refractivity contribution in [3.05, 3.63) is 35.4 Å². The second kappa shape index (κ2) is 5.56. The van der Waals surface area contributed by atoms with Gasteiger partial charge in [-0.3, -0.25) is 0 Å². The molecule has 1 heterocycles. The summed E-state index contributed by atoms with van der Waals surface area (Å²) >= 11 is 0. The molecular weight excluding hydrogens is 224 g/mol. The van der Waals surface area contributed by atoms with Crippen LogP contribution in [0.4, 0.5) is 8.78 Å². The average molecular weight is 241 g/mol. The molecule has 2 N–H and O–H groups in total. The van der Waals surface area contributed by atoms with Gasteiger partial charge in [-0.25, -0.2) is 8.78 Å². The molecule has 4 heteroatoms. The lowest BCUT2D eigenvalue weighted by Gasteiger charge is -2.25. The Morgan fingerprint density at radius 3 is 2.82 bits per heavy atom. The molecule has 2 unspecified atom stereocenters. The van der Waals surface area contributed by atoms with Crippen LogP contribution in [-0.4, -0.2) is 12.7 Å². The first-order valence-electron chi connectivity index (χ1n) is 5.99. The van der Waals surface area contributed by atoms with Gasteiger partial charge in [-0.1, -0.05) is 6.07 Å². The van der Waals surface area contributed by atoms with E-state index in [1.165, 1.54) is 12.1 Å². The van der Waals surface area contributed by atoms with Crippen LogP contribution in [0.15, 0.2) is 18.2 Å². The van der Waals surface area contributed by atoms with Gasteiger partial charge >= 0.3 is 0 Å². The fourth-order valence-electron chi connectivity index (χ4n) is 2.21. The van der Waals surface area contributed by atoms with E-state index in [1.54, 1.807) is 0 Å². The monoisotopic (exact) mass is 241 g/mol. The van der Waals surface area contributed by atoms with Gasteiger partial charge in [0.25, 0.3) is 0 Å². The maximum atomic E-state index is 13.5. The van der Waals surface area contributed by atoms with Gasteiger partial charge < -0.3 is 10.5 Å². The van der Waals surface area contributed by atoms with Crippen LogP contribution in [0.3, 0.4) is 0 Å². The zero-order valence-corrected chi connectivity index (χ0v) is 9.66. The van der Waals surface area contributed by atoms with Crippen LogP contribution >= 0.6 is 0 Å². The highest BCUT2D eigenvalue weighted by Gasteiger charge is 2.20. The summed E-state index contributed by atoms with van der Waals surface area (Å²) < 4.78 is 31.8. The van der Waals surface area contributed by atoms with Crippen molar-refractivity contribution < 1.29 is 13.5 Å². The third kappa shape index (κ3) is 3.23. The first kappa shape index (κ1) is 12.5. The van der Waals surface area contributed by atoms with E-state index in [1.807, 2.05) is 0 Å². The molecule has 94 valence electrons. The van der Waals surface area contributed by atoms with Crippen LogP contribution in [0.25, 0.3) is 0 Å². The minimum Gasteiger partial charge on any atom is -0.378 e. The second-order valence-electron chi connectivity index (χ2n) is 4.50. The summed E-state index contributed by atoms with van der Waals surface area (Å²) in [6.45, 7) is 0.753. The van der Waals surface area contributed by atoms with E-state index in [0.29, 0.717) is 12.0 Å². The third-order valence-electron chi connectivity index (χ3n) is 3.15. The molecule has 1 aromatic carbocycles. The molecule has 0 amide bonds. The van der Waals surface area contributed by atoms with Gasteiger partial charge in [0, 0.05) is 24.3 Å². The molecule has 1 saturated heterocycles. The van der Waals surface area contributed by atoms with E-state index < -0.39 is 17.7 Å². The lowest BCUT2D eigenvalue weighted by atomic mass is 9.97. The van der Waals surface area contributed by atoms with Gasteiger partial charge in [-0.15, -0.1) is 0 Å². The Hall–Kier alpha value is -1.00. The van der Waals surface area contributed by atoms with Crippen molar-refractivity contribution in [1.29, 1.82) is 0 Å². The van der Waals surface area contributed by atoms with Gasteiger partial charge in [0.2, 0.25) is 0 Å². The highest BCUT2D eigenvalue weighted by Crippen LogP contribution is 2.25. The first-order valence-corrected chi connectivity index (χ1v) is 5.99. The summed E-state index contributed by atoms with van der Waals surface area (Å²) in [5, 5.41) is 0. The number of rotatable bonds is 3. The Bertz CT molecular complexity index is 378. The molecule has 17 heavy (non-hydrogen) atoms. The average Bonchev–Trinajstić information content (AvgIpc) is 2.30. The fourth-order valence-corrected chi connectivity index (χ4v) is 2.21. The number of benzene rings is 1. The molecule has 2 rings (SSSR count). The zero-order chi connectivity index (χ0) is 12.3. The third-order valence-corrected chi connectivity index (χ3v) is 3.15. The molecule has 0 saturated carbocycles. The Morgan fingerprint density at radius 2 is 2.18 bits per heavy atom.